The fourth-order valence-electron chi connectivity index (χ4n) is 2.43. The average molecular weight is 261 g/mol. The Hall–Kier alpha value is -1.28. The summed E-state index contributed by atoms with van der Waals surface area (Å²) in [4.78, 5) is 4.35. The van der Waals surface area contributed by atoms with Crippen LogP contribution in [-0.2, 0) is 0 Å². The van der Waals surface area contributed by atoms with Crippen molar-refractivity contribution in [2.75, 3.05) is 11.9 Å². The van der Waals surface area contributed by atoms with Crippen molar-refractivity contribution in [3.8, 4) is 0 Å². The van der Waals surface area contributed by atoms with Crippen molar-refractivity contribution in [2.45, 2.75) is 20.3 Å². The Kier molecular flexibility index (Phi) is 2.70. The Labute approximate surface area is 112 Å². The van der Waals surface area contributed by atoms with Gasteiger partial charge in [0.25, 0.3) is 0 Å². The molecule has 0 aliphatic heterocycles. The molecule has 0 radical (unpaired) electrons. The van der Waals surface area contributed by atoms with Gasteiger partial charge in [0.2, 0.25) is 0 Å². The molecule has 1 N–H and O–H groups in total. The first-order chi connectivity index (χ1) is 8.56. The lowest BCUT2D eigenvalue weighted by Crippen LogP contribution is -2.07. The van der Waals surface area contributed by atoms with Crippen molar-refractivity contribution in [3.05, 3.63) is 35.5 Å². The molecular formula is C15H17ClN2. The standard InChI is InChI=1S/C15H17ClN2/c1-15(2)8-10(15)9-18-13-5-6-17-14-7-11(16)3-4-12(13)14/h3-7,10H,8-9H2,1-2H3,(H,17,18). The van der Waals surface area contributed by atoms with Gasteiger partial charge in [-0.25, -0.2) is 0 Å². The number of benzene rings is 1. The molecular weight excluding hydrogens is 244 g/mol. The van der Waals surface area contributed by atoms with Crippen LogP contribution < -0.4 is 5.32 Å². The molecule has 1 aromatic carbocycles. The molecule has 2 aromatic rings. The highest BCUT2D eigenvalue weighted by Crippen LogP contribution is 2.51. The summed E-state index contributed by atoms with van der Waals surface area (Å²) < 4.78 is 0. The third kappa shape index (κ3) is 2.17. The van der Waals surface area contributed by atoms with Crippen LogP contribution in [0, 0.1) is 11.3 Å². The maximum Gasteiger partial charge on any atom is 0.0737 e. The predicted molar refractivity (Wildman–Crippen MR) is 77.1 cm³/mol. The topological polar surface area (TPSA) is 24.9 Å². The van der Waals surface area contributed by atoms with Crippen LogP contribution in [0.2, 0.25) is 5.02 Å². The Morgan fingerprint density at radius 2 is 2.17 bits per heavy atom. The minimum atomic E-state index is 0.513. The molecule has 1 aliphatic carbocycles. The summed E-state index contributed by atoms with van der Waals surface area (Å²) in [6.07, 6.45) is 3.15. The van der Waals surface area contributed by atoms with Crippen LogP contribution in [0.1, 0.15) is 20.3 Å². The Bertz CT molecular complexity index is 592. The molecule has 1 atom stereocenters. The highest BCUT2D eigenvalue weighted by Gasteiger charge is 2.44. The van der Waals surface area contributed by atoms with E-state index in [1.165, 1.54) is 6.42 Å². The Morgan fingerprint density at radius 1 is 1.39 bits per heavy atom. The molecule has 3 heteroatoms. The molecule has 1 saturated carbocycles. The molecule has 2 nitrogen and oxygen atoms in total. The quantitative estimate of drug-likeness (QED) is 0.888. The summed E-state index contributed by atoms with van der Waals surface area (Å²) in [6.45, 7) is 5.68. The third-order valence-electron chi connectivity index (χ3n) is 3.96. The van der Waals surface area contributed by atoms with Crippen molar-refractivity contribution >= 4 is 28.2 Å². The van der Waals surface area contributed by atoms with Crippen LogP contribution >= 0.6 is 11.6 Å². The first kappa shape index (κ1) is 11.8. The second-order valence-corrected chi connectivity index (χ2v) is 6.23. The lowest BCUT2D eigenvalue weighted by molar-refractivity contribution is 0.573. The van der Waals surface area contributed by atoms with Gasteiger partial charge < -0.3 is 5.32 Å². The van der Waals surface area contributed by atoms with Gasteiger partial charge in [-0.15, -0.1) is 0 Å². The van der Waals surface area contributed by atoms with E-state index >= 15 is 0 Å². The second kappa shape index (κ2) is 4.13. The van der Waals surface area contributed by atoms with Crippen molar-refractivity contribution in [3.63, 3.8) is 0 Å². The van der Waals surface area contributed by atoms with Gasteiger partial charge in [-0.2, -0.15) is 0 Å². The summed E-state index contributed by atoms with van der Waals surface area (Å²) in [6, 6.07) is 7.89. The van der Waals surface area contributed by atoms with Gasteiger partial charge >= 0.3 is 0 Å². The molecule has 1 unspecified atom stereocenters. The summed E-state index contributed by atoms with van der Waals surface area (Å²) >= 11 is 5.99. The van der Waals surface area contributed by atoms with Gasteiger partial charge in [-0.3, -0.25) is 4.98 Å². The molecule has 1 aliphatic rings. The molecule has 0 spiro atoms. The van der Waals surface area contributed by atoms with Crippen molar-refractivity contribution in [1.29, 1.82) is 0 Å². The number of halogens is 1. The number of hydrogen-bond acceptors (Lipinski definition) is 2. The van der Waals surface area contributed by atoms with E-state index < -0.39 is 0 Å². The number of fused-ring (bicyclic) bond motifs is 1. The molecule has 3 rings (SSSR count). The highest BCUT2D eigenvalue weighted by molar-refractivity contribution is 6.31. The largest absolute Gasteiger partial charge is 0.384 e. The maximum absolute atomic E-state index is 5.99. The van der Waals surface area contributed by atoms with Crippen LogP contribution in [-0.4, -0.2) is 11.5 Å². The van der Waals surface area contributed by atoms with Crippen LogP contribution in [0.5, 0.6) is 0 Å². The summed E-state index contributed by atoms with van der Waals surface area (Å²) in [7, 11) is 0. The molecule has 0 bridgehead atoms. The fraction of sp³-hybridized carbons (Fsp3) is 0.400. The van der Waals surface area contributed by atoms with Gasteiger partial charge in [-0.1, -0.05) is 25.4 Å². The van der Waals surface area contributed by atoms with Gasteiger partial charge in [0, 0.05) is 28.8 Å². The molecule has 94 valence electrons. The number of pyridine rings is 1. The number of aromatic nitrogens is 1. The number of anilines is 1. The molecule has 1 heterocycles. The smallest absolute Gasteiger partial charge is 0.0737 e. The van der Waals surface area contributed by atoms with E-state index in [-0.39, 0.29) is 0 Å². The van der Waals surface area contributed by atoms with Gasteiger partial charge in [0.05, 0.1) is 5.52 Å². The zero-order valence-electron chi connectivity index (χ0n) is 10.7. The number of nitrogens with zero attached hydrogens (tertiary/aromatic N) is 1. The van der Waals surface area contributed by atoms with Crippen molar-refractivity contribution in [2.24, 2.45) is 11.3 Å². The van der Waals surface area contributed by atoms with Gasteiger partial charge in [0.15, 0.2) is 0 Å². The van der Waals surface area contributed by atoms with Crippen molar-refractivity contribution < 1.29 is 0 Å². The lowest BCUT2D eigenvalue weighted by atomic mass is 10.1. The monoisotopic (exact) mass is 260 g/mol. The normalized spacial score (nSPS) is 20.9. The fourth-order valence-corrected chi connectivity index (χ4v) is 2.60. The summed E-state index contributed by atoms with van der Waals surface area (Å²) in [5, 5.41) is 5.41. The van der Waals surface area contributed by atoms with Crippen LogP contribution in [0.25, 0.3) is 10.9 Å². The molecule has 18 heavy (non-hydrogen) atoms. The third-order valence-corrected chi connectivity index (χ3v) is 4.20. The number of rotatable bonds is 3. The minimum Gasteiger partial charge on any atom is -0.384 e. The molecule has 0 amide bonds. The van der Waals surface area contributed by atoms with E-state index in [0.717, 1.165) is 34.1 Å². The number of hydrogen-bond donors (Lipinski definition) is 1. The van der Waals surface area contributed by atoms with Crippen molar-refractivity contribution in [1.82, 2.24) is 4.98 Å². The van der Waals surface area contributed by atoms with E-state index in [2.05, 4.69) is 24.1 Å². The van der Waals surface area contributed by atoms with Crippen LogP contribution in [0.4, 0.5) is 5.69 Å². The highest BCUT2D eigenvalue weighted by atomic mass is 35.5. The second-order valence-electron chi connectivity index (χ2n) is 5.79. The van der Waals surface area contributed by atoms with Gasteiger partial charge in [-0.05, 0) is 42.0 Å². The molecule has 0 saturated heterocycles. The van der Waals surface area contributed by atoms with Gasteiger partial charge in [0.1, 0.15) is 0 Å². The average Bonchev–Trinajstić information content (AvgIpc) is 2.94. The zero-order valence-corrected chi connectivity index (χ0v) is 11.5. The molecule has 1 fully saturated rings. The van der Waals surface area contributed by atoms with E-state index in [0.29, 0.717) is 5.41 Å². The summed E-state index contributed by atoms with van der Waals surface area (Å²) in [5.41, 5.74) is 2.61. The first-order valence-corrected chi connectivity index (χ1v) is 6.72. The van der Waals surface area contributed by atoms with E-state index in [9.17, 15) is 0 Å². The van der Waals surface area contributed by atoms with Crippen LogP contribution in [0.15, 0.2) is 30.5 Å². The lowest BCUT2D eigenvalue weighted by Gasteiger charge is -2.10. The van der Waals surface area contributed by atoms with Crippen LogP contribution in [0.3, 0.4) is 0 Å². The van der Waals surface area contributed by atoms with E-state index in [1.807, 2.05) is 30.5 Å². The zero-order chi connectivity index (χ0) is 12.8. The predicted octanol–water partition coefficient (Wildman–Crippen LogP) is 4.35. The first-order valence-electron chi connectivity index (χ1n) is 6.34. The Balaban J connectivity index is 1.83. The van der Waals surface area contributed by atoms with E-state index in [1.54, 1.807) is 0 Å². The Morgan fingerprint density at radius 3 is 2.89 bits per heavy atom. The number of nitrogens with one attached hydrogen (secondary N) is 1. The maximum atomic E-state index is 5.99. The minimum absolute atomic E-state index is 0.513. The summed E-state index contributed by atoms with van der Waals surface area (Å²) in [5.74, 6) is 0.785. The van der Waals surface area contributed by atoms with E-state index in [4.69, 9.17) is 11.6 Å². The molecule has 1 aromatic heterocycles. The SMILES string of the molecule is CC1(C)CC1CNc1ccnc2cc(Cl)ccc12.